The molecule has 0 fully saturated rings. The summed E-state index contributed by atoms with van der Waals surface area (Å²) in [7, 11) is 0. The molecule has 0 radical (unpaired) electrons. The van der Waals surface area contributed by atoms with E-state index < -0.39 is 29.8 Å². The predicted octanol–water partition coefficient (Wildman–Crippen LogP) is 1.01. The molecule has 3 N–H and O–H groups in total. The quantitative estimate of drug-likeness (QED) is 0.837. The Morgan fingerprint density at radius 1 is 1.35 bits per heavy atom. The molecule has 0 bridgehead atoms. The average molecular weight is 241 g/mol. The van der Waals surface area contributed by atoms with Gasteiger partial charge in [0.25, 0.3) is 5.89 Å². The highest BCUT2D eigenvalue weighted by atomic mass is 19.1. The highest BCUT2D eigenvalue weighted by Gasteiger charge is 2.20. The summed E-state index contributed by atoms with van der Waals surface area (Å²) in [6.07, 6.45) is 0. The summed E-state index contributed by atoms with van der Waals surface area (Å²) in [6, 6.07) is 2.54. The average Bonchev–Trinajstić information content (AvgIpc) is 2.77. The fourth-order valence-corrected chi connectivity index (χ4v) is 1.27. The van der Waals surface area contributed by atoms with Crippen LogP contribution in [0.3, 0.4) is 0 Å². The first kappa shape index (κ1) is 11.6. The molecule has 90 valence electrons. The Balaban J connectivity index is 2.44. The van der Waals surface area contributed by atoms with Crippen LogP contribution in [0.2, 0.25) is 0 Å². The van der Waals surface area contributed by atoms with Crippen molar-refractivity contribution in [2.75, 3.05) is 6.61 Å². The molecule has 2 aromatic rings. The lowest BCUT2D eigenvalue weighted by atomic mass is 10.2. The van der Waals surface area contributed by atoms with E-state index in [2.05, 4.69) is 10.1 Å². The molecule has 0 aliphatic heterocycles. The molecule has 1 heterocycles. The van der Waals surface area contributed by atoms with E-state index in [4.69, 9.17) is 15.4 Å². The highest BCUT2D eigenvalue weighted by molar-refractivity contribution is 5.54. The van der Waals surface area contributed by atoms with Gasteiger partial charge in [0.2, 0.25) is 0 Å². The third kappa shape index (κ3) is 2.15. The van der Waals surface area contributed by atoms with Gasteiger partial charge in [0.15, 0.2) is 5.82 Å². The Morgan fingerprint density at radius 2 is 2.00 bits per heavy atom. The fraction of sp³-hybridized carbons (Fsp3) is 0.200. The van der Waals surface area contributed by atoms with Crippen molar-refractivity contribution in [1.29, 1.82) is 0 Å². The van der Waals surface area contributed by atoms with Crippen LogP contribution < -0.4 is 5.73 Å². The van der Waals surface area contributed by atoms with Gasteiger partial charge in [-0.15, -0.1) is 0 Å². The number of rotatable bonds is 3. The van der Waals surface area contributed by atoms with Crippen molar-refractivity contribution in [2.24, 2.45) is 5.73 Å². The van der Waals surface area contributed by atoms with Crippen LogP contribution in [-0.4, -0.2) is 21.9 Å². The smallest absolute Gasteiger partial charge is 0.263 e. The lowest BCUT2D eigenvalue weighted by Crippen LogP contribution is -2.15. The van der Waals surface area contributed by atoms with Crippen molar-refractivity contribution in [1.82, 2.24) is 10.1 Å². The van der Waals surface area contributed by atoms with E-state index in [1.807, 2.05) is 0 Å². The van der Waals surface area contributed by atoms with Crippen molar-refractivity contribution < 1.29 is 18.4 Å². The first-order chi connectivity index (χ1) is 8.13. The van der Waals surface area contributed by atoms with E-state index in [1.165, 1.54) is 6.07 Å². The minimum atomic E-state index is -0.845. The molecule has 1 aromatic heterocycles. The van der Waals surface area contributed by atoms with Crippen LogP contribution in [0.5, 0.6) is 0 Å². The zero-order valence-electron chi connectivity index (χ0n) is 8.60. The molecule has 1 aromatic carbocycles. The maximum Gasteiger partial charge on any atom is 0.263 e. The van der Waals surface area contributed by atoms with Gasteiger partial charge in [-0.2, -0.15) is 4.98 Å². The molecule has 0 aliphatic carbocycles. The fourth-order valence-electron chi connectivity index (χ4n) is 1.27. The molecular weight excluding hydrogens is 232 g/mol. The van der Waals surface area contributed by atoms with Crippen LogP contribution in [-0.2, 0) is 0 Å². The molecule has 1 atom stereocenters. The minimum Gasteiger partial charge on any atom is -0.394 e. The number of hydrogen-bond acceptors (Lipinski definition) is 5. The van der Waals surface area contributed by atoms with E-state index in [0.717, 1.165) is 12.1 Å². The molecule has 7 heteroatoms. The third-order valence-corrected chi connectivity index (χ3v) is 2.15. The standard InChI is InChI=1S/C10H9F2N3O2/c11-5-2-1-3-6(12)8(5)10-14-9(15-17-10)7(13)4-16/h1-3,7,16H,4,13H2. The monoisotopic (exact) mass is 241 g/mol. The lowest BCUT2D eigenvalue weighted by Gasteiger charge is -1.99. The van der Waals surface area contributed by atoms with E-state index in [0.29, 0.717) is 0 Å². The van der Waals surface area contributed by atoms with Gasteiger partial charge in [0.1, 0.15) is 17.2 Å². The summed E-state index contributed by atoms with van der Waals surface area (Å²) in [5.74, 6) is -1.93. The summed E-state index contributed by atoms with van der Waals surface area (Å²) in [5, 5.41) is 12.2. The van der Waals surface area contributed by atoms with Crippen molar-refractivity contribution >= 4 is 0 Å². The van der Waals surface area contributed by atoms with Crippen LogP contribution in [0.25, 0.3) is 11.5 Å². The summed E-state index contributed by atoms with van der Waals surface area (Å²) in [4.78, 5) is 3.73. The first-order valence-electron chi connectivity index (χ1n) is 4.78. The van der Waals surface area contributed by atoms with Gasteiger partial charge in [0.05, 0.1) is 12.6 Å². The lowest BCUT2D eigenvalue weighted by molar-refractivity contribution is 0.260. The second kappa shape index (κ2) is 4.56. The van der Waals surface area contributed by atoms with Crippen LogP contribution in [0.15, 0.2) is 22.7 Å². The van der Waals surface area contributed by atoms with Crippen LogP contribution in [0, 0.1) is 11.6 Å². The number of aliphatic hydroxyl groups excluding tert-OH is 1. The summed E-state index contributed by atoms with van der Waals surface area (Å²) >= 11 is 0. The molecule has 2 rings (SSSR count). The molecule has 1 unspecified atom stereocenters. The maximum atomic E-state index is 13.4. The third-order valence-electron chi connectivity index (χ3n) is 2.15. The maximum absolute atomic E-state index is 13.4. The molecule has 17 heavy (non-hydrogen) atoms. The first-order valence-corrected chi connectivity index (χ1v) is 4.78. The minimum absolute atomic E-state index is 0.00912. The molecule has 0 saturated carbocycles. The van der Waals surface area contributed by atoms with Gasteiger partial charge in [-0.3, -0.25) is 0 Å². The van der Waals surface area contributed by atoms with E-state index in [1.54, 1.807) is 0 Å². The van der Waals surface area contributed by atoms with Gasteiger partial charge < -0.3 is 15.4 Å². The number of halogens is 2. The van der Waals surface area contributed by atoms with Crippen LogP contribution in [0.1, 0.15) is 11.9 Å². The summed E-state index contributed by atoms with van der Waals surface area (Å²) < 4.78 is 31.5. The number of aliphatic hydroxyl groups is 1. The molecule has 0 spiro atoms. The van der Waals surface area contributed by atoms with Crippen molar-refractivity contribution in [3.8, 4) is 11.5 Å². The second-order valence-corrected chi connectivity index (χ2v) is 3.34. The SMILES string of the molecule is NC(CO)c1noc(-c2c(F)cccc2F)n1. The number of hydrogen-bond donors (Lipinski definition) is 2. The van der Waals surface area contributed by atoms with Crippen LogP contribution >= 0.6 is 0 Å². The number of benzene rings is 1. The zero-order chi connectivity index (χ0) is 12.4. The van der Waals surface area contributed by atoms with E-state index >= 15 is 0 Å². The van der Waals surface area contributed by atoms with Gasteiger partial charge in [-0.05, 0) is 12.1 Å². The Bertz CT molecular complexity index is 510. The number of aromatic nitrogens is 2. The topological polar surface area (TPSA) is 85.2 Å². The Kier molecular flexibility index (Phi) is 3.12. The van der Waals surface area contributed by atoms with Gasteiger partial charge in [-0.1, -0.05) is 11.2 Å². The normalized spacial score (nSPS) is 12.7. The van der Waals surface area contributed by atoms with Crippen molar-refractivity contribution in [3.05, 3.63) is 35.7 Å². The molecule has 0 saturated heterocycles. The van der Waals surface area contributed by atoms with E-state index in [9.17, 15) is 8.78 Å². The highest BCUT2D eigenvalue weighted by Crippen LogP contribution is 2.24. The van der Waals surface area contributed by atoms with Gasteiger partial charge >= 0.3 is 0 Å². The molecular formula is C10H9F2N3O2. The van der Waals surface area contributed by atoms with Gasteiger partial charge in [-0.25, -0.2) is 8.78 Å². The van der Waals surface area contributed by atoms with E-state index in [-0.39, 0.29) is 11.7 Å². The van der Waals surface area contributed by atoms with Crippen molar-refractivity contribution in [2.45, 2.75) is 6.04 Å². The summed E-state index contributed by atoms with van der Waals surface area (Å²) in [5.41, 5.74) is 5.03. The molecule has 0 aliphatic rings. The number of nitrogens with two attached hydrogens (primary N) is 1. The Labute approximate surface area is 94.9 Å². The molecule has 5 nitrogen and oxygen atoms in total. The Hall–Kier alpha value is -1.86. The zero-order valence-corrected chi connectivity index (χ0v) is 8.60. The summed E-state index contributed by atoms with van der Waals surface area (Å²) in [6.45, 7) is -0.390. The largest absolute Gasteiger partial charge is 0.394 e. The Morgan fingerprint density at radius 3 is 2.59 bits per heavy atom. The molecule has 0 amide bonds. The van der Waals surface area contributed by atoms with Gasteiger partial charge in [0, 0.05) is 0 Å². The van der Waals surface area contributed by atoms with Crippen molar-refractivity contribution in [3.63, 3.8) is 0 Å². The predicted molar refractivity (Wildman–Crippen MR) is 53.7 cm³/mol. The second-order valence-electron chi connectivity index (χ2n) is 3.34. The van der Waals surface area contributed by atoms with Crippen LogP contribution in [0.4, 0.5) is 8.78 Å². The number of nitrogens with zero attached hydrogens (tertiary/aromatic N) is 2.